The molecule has 1 aromatic rings. The van der Waals surface area contributed by atoms with Crippen molar-refractivity contribution in [3.63, 3.8) is 0 Å². The highest BCUT2D eigenvalue weighted by Gasteiger charge is 2.17. The van der Waals surface area contributed by atoms with Crippen molar-refractivity contribution < 1.29 is 19.5 Å². The molecule has 2 unspecified atom stereocenters. The summed E-state index contributed by atoms with van der Waals surface area (Å²) in [5.74, 6) is -0.974. The lowest BCUT2D eigenvalue weighted by molar-refractivity contribution is -0.139. The molecular formula is C12H16N2O4S2. The second-order valence-electron chi connectivity index (χ2n) is 4.00. The molecule has 3 N–H and O–H groups in total. The number of carbonyl (C=O) groups is 3. The highest BCUT2D eigenvalue weighted by molar-refractivity contribution is 8.00. The van der Waals surface area contributed by atoms with Gasteiger partial charge in [0, 0.05) is 10.6 Å². The van der Waals surface area contributed by atoms with Crippen molar-refractivity contribution in [3.8, 4) is 0 Å². The Morgan fingerprint density at radius 2 is 2.30 bits per heavy atom. The van der Waals surface area contributed by atoms with E-state index in [1.54, 1.807) is 11.3 Å². The van der Waals surface area contributed by atoms with E-state index in [9.17, 15) is 14.4 Å². The van der Waals surface area contributed by atoms with Gasteiger partial charge in [0.1, 0.15) is 6.04 Å². The average molecular weight is 316 g/mol. The number of hydrogen-bond acceptors (Lipinski definition) is 5. The Kier molecular flexibility index (Phi) is 7.10. The minimum absolute atomic E-state index is 0.0635. The standard InChI is InChI=1S/C12H16N2O4S2/c1-8(10-3-2-4-20-10)14-11(16)6-19-5-9(12(17)18)13-7-15/h2-4,7-9H,5-6H2,1H3,(H,13,15)(H,14,16)(H,17,18). The number of rotatable bonds is 9. The molecule has 2 amide bonds. The Morgan fingerprint density at radius 1 is 1.55 bits per heavy atom. The molecule has 1 aromatic heterocycles. The number of thioether (sulfide) groups is 1. The molecule has 1 heterocycles. The summed E-state index contributed by atoms with van der Waals surface area (Å²) < 4.78 is 0. The van der Waals surface area contributed by atoms with E-state index in [0.29, 0.717) is 6.41 Å². The van der Waals surface area contributed by atoms with E-state index >= 15 is 0 Å². The first-order valence-electron chi connectivity index (χ1n) is 5.87. The zero-order valence-corrected chi connectivity index (χ0v) is 12.5. The number of hydrogen-bond donors (Lipinski definition) is 3. The maximum absolute atomic E-state index is 11.7. The summed E-state index contributed by atoms with van der Waals surface area (Å²) in [6, 6.07) is 2.82. The highest BCUT2D eigenvalue weighted by atomic mass is 32.2. The van der Waals surface area contributed by atoms with Crippen LogP contribution in [-0.2, 0) is 14.4 Å². The van der Waals surface area contributed by atoms with Gasteiger partial charge in [-0.1, -0.05) is 6.07 Å². The normalized spacial score (nSPS) is 13.2. The van der Waals surface area contributed by atoms with Crippen molar-refractivity contribution in [1.82, 2.24) is 10.6 Å². The number of nitrogens with one attached hydrogen (secondary N) is 2. The first-order chi connectivity index (χ1) is 9.54. The fraction of sp³-hybridized carbons (Fsp3) is 0.417. The third kappa shape index (κ3) is 5.62. The Balaban J connectivity index is 2.29. The maximum Gasteiger partial charge on any atom is 0.327 e. The quantitative estimate of drug-likeness (QED) is 0.587. The summed E-state index contributed by atoms with van der Waals surface area (Å²) in [7, 11) is 0. The van der Waals surface area contributed by atoms with Gasteiger partial charge >= 0.3 is 5.97 Å². The molecule has 6 nitrogen and oxygen atoms in total. The molecule has 2 atom stereocenters. The van der Waals surface area contributed by atoms with E-state index in [-0.39, 0.29) is 23.5 Å². The summed E-state index contributed by atoms with van der Waals surface area (Å²) in [5.41, 5.74) is 0. The Morgan fingerprint density at radius 3 is 2.85 bits per heavy atom. The first kappa shape index (κ1) is 16.5. The summed E-state index contributed by atoms with van der Waals surface area (Å²) in [6.45, 7) is 1.89. The molecule has 8 heteroatoms. The zero-order valence-electron chi connectivity index (χ0n) is 10.9. The molecule has 0 bridgehead atoms. The van der Waals surface area contributed by atoms with Crippen LogP contribution < -0.4 is 10.6 Å². The summed E-state index contributed by atoms with van der Waals surface area (Å²) in [5, 5.41) is 15.8. The van der Waals surface area contributed by atoms with Gasteiger partial charge in [-0.15, -0.1) is 23.1 Å². The largest absolute Gasteiger partial charge is 0.480 e. The van der Waals surface area contributed by atoms with Gasteiger partial charge < -0.3 is 15.7 Å². The molecule has 20 heavy (non-hydrogen) atoms. The molecular weight excluding hydrogens is 300 g/mol. The van der Waals surface area contributed by atoms with E-state index < -0.39 is 12.0 Å². The van der Waals surface area contributed by atoms with Crippen LogP contribution in [0.15, 0.2) is 17.5 Å². The van der Waals surface area contributed by atoms with Crippen LogP contribution in [0.3, 0.4) is 0 Å². The van der Waals surface area contributed by atoms with Gasteiger partial charge in [-0.2, -0.15) is 0 Å². The number of aliphatic carboxylic acids is 1. The number of thiophene rings is 1. The van der Waals surface area contributed by atoms with Gasteiger partial charge in [-0.05, 0) is 18.4 Å². The SMILES string of the molecule is CC(NC(=O)CSCC(NC=O)C(=O)O)c1cccs1. The molecule has 0 radical (unpaired) electrons. The van der Waals surface area contributed by atoms with Crippen LogP contribution in [0.5, 0.6) is 0 Å². The van der Waals surface area contributed by atoms with Crippen LogP contribution in [0.4, 0.5) is 0 Å². The van der Waals surface area contributed by atoms with Crippen LogP contribution in [0.2, 0.25) is 0 Å². The molecule has 0 aliphatic rings. The minimum atomic E-state index is -1.11. The summed E-state index contributed by atoms with van der Waals surface area (Å²) in [4.78, 5) is 33.8. The van der Waals surface area contributed by atoms with Gasteiger partial charge in [0.15, 0.2) is 0 Å². The average Bonchev–Trinajstić information content (AvgIpc) is 2.91. The van der Waals surface area contributed by atoms with Gasteiger partial charge in [0.2, 0.25) is 12.3 Å². The van der Waals surface area contributed by atoms with Gasteiger partial charge in [0.05, 0.1) is 11.8 Å². The first-order valence-corrected chi connectivity index (χ1v) is 7.91. The molecule has 110 valence electrons. The smallest absolute Gasteiger partial charge is 0.327 e. The van der Waals surface area contributed by atoms with Gasteiger partial charge in [-0.3, -0.25) is 9.59 Å². The molecule has 1 rings (SSSR count). The second kappa shape index (κ2) is 8.60. The molecule has 0 saturated carbocycles. The van der Waals surface area contributed by atoms with Crippen molar-refractivity contribution in [3.05, 3.63) is 22.4 Å². The molecule has 0 saturated heterocycles. The van der Waals surface area contributed by atoms with Crippen molar-refractivity contribution in [2.45, 2.75) is 19.0 Å². The van der Waals surface area contributed by atoms with Crippen LogP contribution in [0, 0.1) is 0 Å². The molecule has 0 aliphatic carbocycles. The van der Waals surface area contributed by atoms with Crippen molar-refractivity contribution in [2.75, 3.05) is 11.5 Å². The topological polar surface area (TPSA) is 95.5 Å². The lowest BCUT2D eigenvalue weighted by atomic mass is 10.3. The van der Waals surface area contributed by atoms with Crippen LogP contribution in [-0.4, -0.2) is 40.9 Å². The zero-order chi connectivity index (χ0) is 15.0. The monoisotopic (exact) mass is 316 g/mol. The third-order valence-electron chi connectivity index (χ3n) is 2.43. The fourth-order valence-electron chi connectivity index (χ4n) is 1.43. The van der Waals surface area contributed by atoms with E-state index in [1.807, 2.05) is 24.4 Å². The summed E-state index contributed by atoms with van der Waals surface area (Å²) >= 11 is 2.73. The van der Waals surface area contributed by atoms with E-state index in [0.717, 1.165) is 4.88 Å². The second-order valence-corrected chi connectivity index (χ2v) is 6.00. The van der Waals surface area contributed by atoms with Gasteiger partial charge in [0.25, 0.3) is 0 Å². The molecule has 0 fully saturated rings. The number of carboxylic acid groups (broad SMARTS) is 1. The Labute approximate surface area is 124 Å². The van der Waals surface area contributed by atoms with Crippen LogP contribution in [0.25, 0.3) is 0 Å². The number of carboxylic acids is 1. The lowest BCUT2D eigenvalue weighted by Gasteiger charge is -2.13. The molecule has 0 aromatic carbocycles. The Bertz CT molecular complexity index is 450. The van der Waals surface area contributed by atoms with Crippen LogP contribution >= 0.6 is 23.1 Å². The van der Waals surface area contributed by atoms with Crippen molar-refractivity contribution in [1.29, 1.82) is 0 Å². The number of amides is 2. The number of carbonyl (C=O) groups excluding carboxylic acids is 2. The van der Waals surface area contributed by atoms with E-state index in [4.69, 9.17) is 5.11 Å². The predicted octanol–water partition coefficient (Wildman–Crippen LogP) is 0.858. The maximum atomic E-state index is 11.7. The van der Waals surface area contributed by atoms with Crippen molar-refractivity contribution >= 4 is 41.4 Å². The lowest BCUT2D eigenvalue weighted by Crippen LogP contribution is -2.38. The van der Waals surface area contributed by atoms with Crippen molar-refractivity contribution in [2.24, 2.45) is 0 Å². The molecule has 0 aliphatic heterocycles. The molecule has 0 spiro atoms. The van der Waals surface area contributed by atoms with Gasteiger partial charge in [-0.25, -0.2) is 4.79 Å². The Hall–Kier alpha value is -1.54. The third-order valence-corrected chi connectivity index (χ3v) is 4.52. The minimum Gasteiger partial charge on any atom is -0.480 e. The van der Waals surface area contributed by atoms with E-state index in [2.05, 4.69) is 10.6 Å². The fourth-order valence-corrected chi connectivity index (χ4v) is 3.03. The highest BCUT2D eigenvalue weighted by Crippen LogP contribution is 2.18. The van der Waals surface area contributed by atoms with E-state index in [1.165, 1.54) is 11.8 Å². The van der Waals surface area contributed by atoms with Crippen LogP contribution in [0.1, 0.15) is 17.8 Å². The summed E-state index contributed by atoms with van der Waals surface area (Å²) in [6.07, 6.45) is 0.346. The predicted molar refractivity (Wildman–Crippen MR) is 78.8 cm³/mol.